The summed E-state index contributed by atoms with van der Waals surface area (Å²) in [7, 11) is 1.78. The van der Waals surface area contributed by atoms with Crippen LogP contribution in [0.4, 0.5) is 0 Å². The first-order valence-electron chi connectivity index (χ1n) is 17.5. The lowest BCUT2D eigenvalue weighted by atomic mass is 9.34. The number of ether oxygens (including phenoxy) is 3. The zero-order valence-electron chi connectivity index (χ0n) is 29.2. The highest BCUT2D eigenvalue weighted by Crippen LogP contribution is 2.74. The van der Waals surface area contributed by atoms with Gasteiger partial charge in [-0.2, -0.15) is 0 Å². The summed E-state index contributed by atoms with van der Waals surface area (Å²) in [6, 6.07) is 0. The van der Waals surface area contributed by atoms with Crippen LogP contribution in [0.15, 0.2) is 11.6 Å². The molecule has 5 rings (SSSR count). The number of aliphatic hydroxyl groups is 1. The van der Waals surface area contributed by atoms with E-state index in [-0.39, 0.29) is 57.8 Å². The average Bonchev–Trinajstić information content (AvgIpc) is 2.96. The van der Waals surface area contributed by atoms with Crippen molar-refractivity contribution in [2.24, 2.45) is 62.4 Å². The van der Waals surface area contributed by atoms with Crippen LogP contribution in [0.2, 0.25) is 0 Å². The molecule has 4 N–H and O–H groups in total. The zero-order valence-corrected chi connectivity index (χ0v) is 29.2. The van der Waals surface area contributed by atoms with Gasteiger partial charge in [0.15, 0.2) is 0 Å². The van der Waals surface area contributed by atoms with Crippen LogP contribution in [0.3, 0.4) is 0 Å². The Labute approximate surface area is 267 Å². The molecule has 0 aromatic heterocycles. The average molecular weight is 618 g/mol. The Morgan fingerprint density at radius 3 is 2.27 bits per heavy atom. The van der Waals surface area contributed by atoms with Crippen LogP contribution in [0.5, 0.6) is 0 Å². The maximum absolute atomic E-state index is 13.3. The molecule has 5 aliphatic rings. The fourth-order valence-electron chi connectivity index (χ4n) is 11.8. The fourth-order valence-corrected chi connectivity index (χ4v) is 11.8. The third-order valence-corrected chi connectivity index (χ3v) is 15.1. The molecule has 0 radical (unpaired) electrons. The summed E-state index contributed by atoms with van der Waals surface area (Å²) in [6.45, 7) is 20.2. The number of allylic oxidation sites excluding steroid dienone is 1. The van der Waals surface area contributed by atoms with Crippen LogP contribution in [0.25, 0.3) is 0 Å². The first-order valence-corrected chi connectivity index (χ1v) is 17.5. The minimum Gasteiger partial charge on any atom is -0.481 e. The van der Waals surface area contributed by atoms with Gasteiger partial charge in [0, 0.05) is 31.3 Å². The van der Waals surface area contributed by atoms with Crippen molar-refractivity contribution in [2.45, 2.75) is 125 Å². The number of rotatable bonds is 8. The highest BCUT2D eigenvalue weighted by Gasteiger charge is 2.70. The molecule has 44 heavy (non-hydrogen) atoms. The molecule has 10 atom stereocenters. The van der Waals surface area contributed by atoms with Gasteiger partial charge in [0.1, 0.15) is 0 Å². The van der Waals surface area contributed by atoms with Crippen molar-refractivity contribution in [3.63, 3.8) is 0 Å². The molecular formula is C37H63NO6. The van der Waals surface area contributed by atoms with E-state index in [1.54, 1.807) is 7.11 Å². The first kappa shape index (κ1) is 34.3. The maximum Gasteiger partial charge on any atom is 0.307 e. The van der Waals surface area contributed by atoms with Gasteiger partial charge >= 0.3 is 5.97 Å². The van der Waals surface area contributed by atoms with E-state index >= 15 is 0 Å². The summed E-state index contributed by atoms with van der Waals surface area (Å²) in [5.41, 5.74) is 6.27. The topological polar surface area (TPSA) is 111 Å². The van der Waals surface area contributed by atoms with E-state index in [0.29, 0.717) is 38.1 Å². The first-order chi connectivity index (χ1) is 20.5. The summed E-state index contributed by atoms with van der Waals surface area (Å²) in [5, 5.41) is 22.4. The monoisotopic (exact) mass is 617 g/mol. The number of carboxylic acids is 1. The van der Waals surface area contributed by atoms with Crippen molar-refractivity contribution in [1.82, 2.24) is 0 Å². The predicted molar refractivity (Wildman–Crippen MR) is 173 cm³/mol. The summed E-state index contributed by atoms with van der Waals surface area (Å²) in [5.74, 6) is 0.126. The van der Waals surface area contributed by atoms with Gasteiger partial charge in [-0.3, -0.25) is 4.79 Å². The molecule has 1 saturated heterocycles. The van der Waals surface area contributed by atoms with E-state index in [1.165, 1.54) is 5.57 Å². The van der Waals surface area contributed by atoms with Gasteiger partial charge in [0.2, 0.25) is 0 Å². The van der Waals surface area contributed by atoms with Crippen molar-refractivity contribution in [3.8, 4) is 0 Å². The van der Waals surface area contributed by atoms with Crippen molar-refractivity contribution >= 4 is 5.97 Å². The largest absolute Gasteiger partial charge is 0.481 e. The lowest BCUT2D eigenvalue weighted by Gasteiger charge is -2.70. The van der Waals surface area contributed by atoms with Gasteiger partial charge in [-0.25, -0.2) is 0 Å². The molecule has 0 amide bonds. The summed E-state index contributed by atoms with van der Waals surface area (Å²) >= 11 is 0. The molecule has 1 heterocycles. The Morgan fingerprint density at radius 2 is 1.70 bits per heavy atom. The Balaban J connectivity index is 1.52. The zero-order chi connectivity index (χ0) is 32.5. The van der Waals surface area contributed by atoms with Gasteiger partial charge in [0.05, 0.1) is 31.3 Å². The third kappa shape index (κ3) is 4.88. The highest BCUT2D eigenvalue weighted by molar-refractivity contribution is 5.73. The molecular weight excluding hydrogens is 554 g/mol. The normalized spacial score (nSPS) is 45.5. The van der Waals surface area contributed by atoms with Gasteiger partial charge in [-0.1, -0.05) is 67.0 Å². The van der Waals surface area contributed by atoms with E-state index in [0.717, 1.165) is 44.9 Å². The van der Waals surface area contributed by atoms with Crippen LogP contribution in [-0.2, 0) is 19.0 Å². The van der Waals surface area contributed by atoms with Crippen molar-refractivity contribution in [1.29, 1.82) is 0 Å². The van der Waals surface area contributed by atoms with E-state index in [1.807, 2.05) is 0 Å². The molecule has 3 saturated carbocycles. The van der Waals surface area contributed by atoms with E-state index in [2.05, 4.69) is 61.5 Å². The number of carbonyl (C=O) groups is 1. The Bertz CT molecular complexity index is 1110. The highest BCUT2D eigenvalue weighted by atomic mass is 16.5. The van der Waals surface area contributed by atoms with Gasteiger partial charge < -0.3 is 30.2 Å². The smallest absolute Gasteiger partial charge is 0.307 e. The van der Waals surface area contributed by atoms with Crippen molar-refractivity contribution < 1.29 is 29.2 Å². The van der Waals surface area contributed by atoms with Gasteiger partial charge in [-0.15, -0.1) is 0 Å². The number of hydrogen-bond acceptors (Lipinski definition) is 6. The Hall–Kier alpha value is -0.990. The van der Waals surface area contributed by atoms with Crippen LogP contribution >= 0.6 is 0 Å². The number of hydrogen-bond donors (Lipinski definition) is 3. The fraction of sp³-hybridized carbons (Fsp3) is 0.919. The van der Waals surface area contributed by atoms with Crippen LogP contribution in [0, 0.1) is 56.7 Å². The number of carboxylic acid groups (broad SMARTS) is 1. The molecule has 0 unspecified atom stereocenters. The van der Waals surface area contributed by atoms with E-state index < -0.39 is 17.3 Å². The number of methoxy groups -OCH3 is 1. The summed E-state index contributed by atoms with van der Waals surface area (Å²) in [4.78, 5) is 13.3. The Kier molecular flexibility index (Phi) is 9.06. The lowest BCUT2D eigenvalue weighted by Crippen LogP contribution is -2.67. The molecule has 4 fully saturated rings. The van der Waals surface area contributed by atoms with Crippen LogP contribution < -0.4 is 5.73 Å². The molecule has 4 aliphatic carbocycles. The minimum absolute atomic E-state index is 0.0748. The molecule has 0 spiro atoms. The second-order valence-corrected chi connectivity index (χ2v) is 17.5. The molecule has 252 valence electrons. The maximum atomic E-state index is 13.3. The minimum atomic E-state index is -0.642. The molecule has 7 nitrogen and oxygen atoms in total. The molecule has 0 aromatic rings. The SMILES string of the molecule is CO[C@@H]1C[C@]2(CO)C3=CC[C@@]4(C)[C@H](C(=O)O)[C@@](C)([C@H](C)C(C)C)CC[C@]4(C)[C@H]3CC[C@H]2C(C)(C)[C@H]1OCC1(N)CCOCC1. The number of nitrogens with two attached hydrogens (primary N) is 1. The Morgan fingerprint density at radius 1 is 1.05 bits per heavy atom. The number of aliphatic carboxylic acids is 1. The number of fused-ring (bicyclic) bond motifs is 5. The van der Waals surface area contributed by atoms with Crippen LogP contribution in [0.1, 0.15) is 107 Å². The number of aliphatic hydroxyl groups excluding tert-OH is 1. The summed E-state index contributed by atoms with van der Waals surface area (Å²) < 4.78 is 18.6. The standard InChI is InChI=1S/C37H63NO6/c1-23(2)24(3)33(6)14-15-34(7)25-10-11-28-32(4,5)30(44-22-36(38)16-18-43-19-17-36)27(42-9)20-37(28,21-39)26(25)12-13-35(34,8)29(33)31(40)41/h12,23-25,27-30,39H,10-11,13-22,38H2,1-9H3,(H,40,41)/t24-,25+,27-,28+,29-,30+,33-,34-,35+,37+/m1/s1. The second kappa shape index (κ2) is 11.6. The predicted octanol–water partition coefficient (Wildman–Crippen LogP) is 6.47. The van der Waals surface area contributed by atoms with Crippen LogP contribution in [-0.4, -0.2) is 67.5 Å². The van der Waals surface area contributed by atoms with E-state index in [4.69, 9.17) is 19.9 Å². The molecule has 0 bridgehead atoms. The van der Waals surface area contributed by atoms with E-state index in [9.17, 15) is 15.0 Å². The molecule has 1 aliphatic heterocycles. The lowest BCUT2D eigenvalue weighted by molar-refractivity contribution is -0.224. The summed E-state index contributed by atoms with van der Waals surface area (Å²) in [6.07, 6.45) is 9.05. The molecule has 0 aromatic carbocycles. The van der Waals surface area contributed by atoms with Gasteiger partial charge in [0.25, 0.3) is 0 Å². The molecule has 7 heteroatoms. The quantitative estimate of drug-likeness (QED) is 0.268. The second-order valence-electron chi connectivity index (χ2n) is 17.5. The van der Waals surface area contributed by atoms with Crippen molar-refractivity contribution in [3.05, 3.63) is 11.6 Å². The van der Waals surface area contributed by atoms with Gasteiger partial charge in [-0.05, 0) is 96.7 Å². The van der Waals surface area contributed by atoms with Crippen molar-refractivity contribution in [2.75, 3.05) is 33.5 Å². The third-order valence-electron chi connectivity index (χ3n) is 15.1.